The molecule has 0 aromatic heterocycles. The van der Waals surface area contributed by atoms with Crippen LogP contribution in [0.25, 0.3) is 0 Å². The van der Waals surface area contributed by atoms with Crippen LogP contribution in [0, 0.1) is 0 Å². The first-order chi connectivity index (χ1) is 8.07. The summed E-state index contributed by atoms with van der Waals surface area (Å²) >= 11 is 0. The van der Waals surface area contributed by atoms with Crippen LogP contribution in [0.15, 0.2) is 24.3 Å². The van der Waals surface area contributed by atoms with Gasteiger partial charge in [-0.25, -0.2) is 0 Å². The van der Waals surface area contributed by atoms with Crippen LogP contribution in [0.2, 0.25) is 0 Å². The average molecular weight is 258 g/mol. The number of aldehydes is 1. The molecular formula is C10H14N2O4S. The summed E-state index contributed by atoms with van der Waals surface area (Å²) in [4.78, 5) is 10.5. The first-order valence-corrected chi connectivity index (χ1v) is 6.37. The van der Waals surface area contributed by atoms with Crippen molar-refractivity contribution < 1.29 is 17.9 Å². The molecule has 0 heterocycles. The molecule has 17 heavy (non-hydrogen) atoms. The van der Waals surface area contributed by atoms with E-state index in [9.17, 15) is 13.2 Å². The molecule has 1 rings (SSSR count). The minimum absolute atomic E-state index is 0.180. The minimum atomic E-state index is -3.63. The third kappa shape index (κ3) is 4.94. The van der Waals surface area contributed by atoms with E-state index in [-0.39, 0.29) is 13.2 Å². The van der Waals surface area contributed by atoms with Gasteiger partial charge in [-0.2, -0.15) is 13.1 Å². The van der Waals surface area contributed by atoms with Gasteiger partial charge in [0.25, 0.3) is 10.2 Å². The Hall–Kier alpha value is -1.44. The Balaban J connectivity index is 2.65. The lowest BCUT2D eigenvalue weighted by Crippen LogP contribution is -2.32. The van der Waals surface area contributed by atoms with Crippen LogP contribution >= 0.6 is 0 Å². The number of hydrogen-bond donors (Lipinski definition) is 2. The zero-order chi connectivity index (χ0) is 12.7. The monoisotopic (exact) mass is 258 g/mol. The molecule has 2 N–H and O–H groups in total. The van der Waals surface area contributed by atoms with E-state index in [0.717, 1.165) is 0 Å². The molecule has 0 fully saturated rings. The van der Waals surface area contributed by atoms with Gasteiger partial charge >= 0.3 is 0 Å². The van der Waals surface area contributed by atoms with Gasteiger partial charge in [-0.3, -0.25) is 9.52 Å². The Morgan fingerprint density at radius 3 is 2.82 bits per heavy atom. The molecule has 0 bridgehead atoms. The molecule has 0 amide bonds. The summed E-state index contributed by atoms with van der Waals surface area (Å²) in [6.45, 7) is 0.467. The van der Waals surface area contributed by atoms with Crippen LogP contribution in [0.1, 0.15) is 10.4 Å². The highest BCUT2D eigenvalue weighted by molar-refractivity contribution is 7.90. The van der Waals surface area contributed by atoms with Crippen molar-refractivity contribution in [3.63, 3.8) is 0 Å². The molecule has 7 heteroatoms. The molecule has 0 radical (unpaired) electrons. The van der Waals surface area contributed by atoms with Crippen LogP contribution in [0.4, 0.5) is 5.69 Å². The van der Waals surface area contributed by atoms with Crippen LogP contribution in [0.3, 0.4) is 0 Å². The van der Waals surface area contributed by atoms with E-state index in [4.69, 9.17) is 4.74 Å². The average Bonchev–Trinajstić information content (AvgIpc) is 2.29. The van der Waals surface area contributed by atoms with Crippen molar-refractivity contribution in [1.82, 2.24) is 4.72 Å². The quantitative estimate of drug-likeness (QED) is 0.547. The van der Waals surface area contributed by atoms with E-state index in [2.05, 4.69) is 9.44 Å². The summed E-state index contributed by atoms with van der Waals surface area (Å²) in [6.07, 6.45) is 0.649. The third-order valence-corrected chi connectivity index (χ3v) is 2.96. The minimum Gasteiger partial charge on any atom is -0.383 e. The van der Waals surface area contributed by atoms with E-state index >= 15 is 0 Å². The van der Waals surface area contributed by atoms with Gasteiger partial charge in [-0.15, -0.1) is 0 Å². The normalized spacial score (nSPS) is 11.1. The fourth-order valence-corrected chi connectivity index (χ4v) is 2.01. The Labute approximate surface area is 100 Å². The summed E-state index contributed by atoms with van der Waals surface area (Å²) in [6, 6.07) is 6.19. The predicted molar refractivity (Wildman–Crippen MR) is 64.3 cm³/mol. The molecule has 0 aliphatic heterocycles. The highest BCUT2D eigenvalue weighted by Gasteiger charge is 2.08. The predicted octanol–water partition coefficient (Wildman–Crippen LogP) is 0.392. The van der Waals surface area contributed by atoms with Crippen LogP contribution in [-0.4, -0.2) is 35.0 Å². The highest BCUT2D eigenvalue weighted by Crippen LogP contribution is 2.10. The summed E-state index contributed by atoms with van der Waals surface area (Å²) in [5.41, 5.74) is 0.738. The van der Waals surface area contributed by atoms with Crippen LogP contribution < -0.4 is 9.44 Å². The SMILES string of the molecule is COCCNS(=O)(=O)Nc1cccc(C=O)c1. The van der Waals surface area contributed by atoms with Gasteiger partial charge in [-0.05, 0) is 12.1 Å². The van der Waals surface area contributed by atoms with E-state index in [1.807, 2.05) is 0 Å². The summed E-state index contributed by atoms with van der Waals surface area (Å²) < 4.78 is 32.3. The van der Waals surface area contributed by atoms with E-state index in [1.165, 1.54) is 13.2 Å². The molecule has 0 aliphatic carbocycles. The Bertz CT molecular complexity index is 473. The number of methoxy groups -OCH3 is 1. The Morgan fingerprint density at radius 2 is 2.18 bits per heavy atom. The maximum Gasteiger partial charge on any atom is 0.299 e. The van der Waals surface area contributed by atoms with E-state index in [1.54, 1.807) is 18.2 Å². The number of nitrogens with one attached hydrogen (secondary N) is 2. The topological polar surface area (TPSA) is 84.5 Å². The molecule has 94 valence electrons. The standard InChI is InChI=1S/C10H14N2O4S/c1-16-6-5-11-17(14,15)12-10-4-2-3-9(7-10)8-13/h2-4,7-8,11-12H,5-6H2,1H3. The van der Waals surface area contributed by atoms with E-state index < -0.39 is 10.2 Å². The Morgan fingerprint density at radius 1 is 1.41 bits per heavy atom. The first-order valence-electron chi connectivity index (χ1n) is 4.89. The van der Waals surface area contributed by atoms with Gasteiger partial charge in [0.15, 0.2) is 0 Å². The maximum atomic E-state index is 11.5. The molecule has 0 saturated heterocycles. The molecule has 0 spiro atoms. The van der Waals surface area contributed by atoms with Crippen molar-refractivity contribution in [3.05, 3.63) is 29.8 Å². The second kappa shape index (κ2) is 6.33. The molecule has 0 saturated carbocycles. The molecule has 0 aliphatic rings. The van der Waals surface area contributed by atoms with Crippen LogP contribution in [0.5, 0.6) is 0 Å². The number of carbonyl (C=O) groups excluding carboxylic acids is 1. The zero-order valence-corrected chi connectivity index (χ0v) is 10.2. The molecule has 0 atom stereocenters. The molecular weight excluding hydrogens is 244 g/mol. The lowest BCUT2D eigenvalue weighted by Gasteiger charge is -2.09. The van der Waals surface area contributed by atoms with Gasteiger partial charge in [0.1, 0.15) is 6.29 Å². The fourth-order valence-electron chi connectivity index (χ4n) is 1.14. The van der Waals surface area contributed by atoms with Gasteiger partial charge in [-0.1, -0.05) is 12.1 Å². The molecule has 6 nitrogen and oxygen atoms in total. The van der Waals surface area contributed by atoms with Crippen molar-refractivity contribution in [3.8, 4) is 0 Å². The highest BCUT2D eigenvalue weighted by atomic mass is 32.2. The second-order valence-electron chi connectivity index (χ2n) is 3.24. The zero-order valence-electron chi connectivity index (χ0n) is 9.34. The number of hydrogen-bond acceptors (Lipinski definition) is 4. The van der Waals surface area contributed by atoms with Crippen molar-refractivity contribution >= 4 is 22.2 Å². The lowest BCUT2D eigenvalue weighted by atomic mass is 10.2. The van der Waals surface area contributed by atoms with Gasteiger partial charge in [0.05, 0.1) is 12.3 Å². The van der Waals surface area contributed by atoms with Gasteiger partial charge < -0.3 is 4.74 Å². The smallest absolute Gasteiger partial charge is 0.299 e. The molecule has 1 aromatic rings. The molecule has 0 unspecified atom stereocenters. The number of ether oxygens (including phenoxy) is 1. The van der Waals surface area contributed by atoms with Crippen molar-refractivity contribution in [1.29, 1.82) is 0 Å². The fraction of sp³-hybridized carbons (Fsp3) is 0.300. The number of carbonyl (C=O) groups is 1. The van der Waals surface area contributed by atoms with Gasteiger partial charge in [0.2, 0.25) is 0 Å². The van der Waals surface area contributed by atoms with Crippen molar-refractivity contribution in [2.45, 2.75) is 0 Å². The lowest BCUT2D eigenvalue weighted by molar-refractivity contribution is 0.112. The van der Waals surface area contributed by atoms with Crippen molar-refractivity contribution in [2.75, 3.05) is 25.0 Å². The van der Waals surface area contributed by atoms with Crippen molar-refractivity contribution in [2.24, 2.45) is 0 Å². The van der Waals surface area contributed by atoms with Gasteiger partial charge in [0, 0.05) is 19.2 Å². The summed E-state index contributed by atoms with van der Waals surface area (Å²) in [5.74, 6) is 0. The summed E-state index contributed by atoms with van der Waals surface area (Å²) in [5, 5.41) is 0. The van der Waals surface area contributed by atoms with E-state index in [0.29, 0.717) is 17.5 Å². The first kappa shape index (κ1) is 13.6. The maximum absolute atomic E-state index is 11.5. The molecule has 1 aromatic carbocycles. The third-order valence-electron chi connectivity index (χ3n) is 1.87. The summed E-state index contributed by atoms with van der Waals surface area (Å²) in [7, 11) is -2.15. The second-order valence-corrected chi connectivity index (χ2v) is 4.74. The largest absolute Gasteiger partial charge is 0.383 e. The number of rotatable bonds is 7. The Kier molecular flexibility index (Phi) is 5.08. The number of anilines is 1. The van der Waals surface area contributed by atoms with Crippen LogP contribution in [-0.2, 0) is 14.9 Å². The number of benzene rings is 1.